The van der Waals surface area contributed by atoms with Crippen molar-refractivity contribution < 1.29 is 18.4 Å². The summed E-state index contributed by atoms with van der Waals surface area (Å²) in [5.74, 6) is 0.987. The minimum Gasteiger partial charge on any atom is -0.494 e. The third kappa shape index (κ3) is 3.74. The number of rotatable bonds is 6. The van der Waals surface area contributed by atoms with E-state index in [1.807, 2.05) is 24.3 Å². The second kappa shape index (κ2) is 7.80. The van der Waals surface area contributed by atoms with Gasteiger partial charge >= 0.3 is 0 Å². The first kappa shape index (κ1) is 18.2. The summed E-state index contributed by atoms with van der Waals surface area (Å²) in [6.45, 7) is 3.11. The van der Waals surface area contributed by atoms with Crippen molar-refractivity contribution in [2.24, 2.45) is 0 Å². The predicted octanol–water partition coefficient (Wildman–Crippen LogP) is 4.19. The highest BCUT2D eigenvalue weighted by Crippen LogP contribution is 2.32. The summed E-state index contributed by atoms with van der Waals surface area (Å²) < 4.78 is 24.4. The normalized spacial score (nSPS) is 16.6. The predicted molar refractivity (Wildman–Crippen MR) is 102 cm³/mol. The summed E-state index contributed by atoms with van der Waals surface area (Å²) in [4.78, 5) is 18.4. The molecule has 144 valence electrons. The standard InChI is InChI=1S/C21H20FN3O3/c1-2-10-27-18-8-6-14(7-9-18)20-23-21(28-24-20)15-11-19(26)25(13-15)17-5-3-4-16(22)12-17/h3-9,12,15H,2,10-11,13H2,1H3. The Morgan fingerprint density at radius 2 is 2.07 bits per heavy atom. The SMILES string of the molecule is CCCOc1ccc(-c2noc(C3CC(=O)N(c4cccc(F)c4)C3)n2)cc1. The number of nitrogens with zero attached hydrogens (tertiary/aromatic N) is 3. The Morgan fingerprint density at radius 3 is 2.82 bits per heavy atom. The molecule has 1 amide bonds. The zero-order chi connectivity index (χ0) is 19.5. The van der Waals surface area contributed by atoms with Crippen molar-refractivity contribution in [3.05, 3.63) is 60.2 Å². The summed E-state index contributed by atoms with van der Waals surface area (Å²) in [7, 11) is 0. The van der Waals surface area contributed by atoms with Crippen LogP contribution in [0.5, 0.6) is 5.75 Å². The van der Waals surface area contributed by atoms with Gasteiger partial charge in [-0.25, -0.2) is 4.39 Å². The summed E-state index contributed by atoms with van der Waals surface area (Å²) in [6.07, 6.45) is 1.20. The molecule has 1 aromatic heterocycles. The Balaban J connectivity index is 1.48. The van der Waals surface area contributed by atoms with Crippen LogP contribution in [0.25, 0.3) is 11.4 Å². The van der Waals surface area contributed by atoms with Gasteiger partial charge in [-0.1, -0.05) is 18.1 Å². The molecule has 0 aliphatic carbocycles. The number of hydrogen-bond donors (Lipinski definition) is 0. The number of amides is 1. The van der Waals surface area contributed by atoms with Crippen molar-refractivity contribution in [3.8, 4) is 17.1 Å². The van der Waals surface area contributed by atoms with Crippen LogP contribution in [-0.2, 0) is 4.79 Å². The molecule has 1 aliphatic rings. The largest absolute Gasteiger partial charge is 0.494 e. The number of carbonyl (C=O) groups is 1. The van der Waals surface area contributed by atoms with E-state index in [2.05, 4.69) is 17.1 Å². The molecule has 1 aliphatic heterocycles. The van der Waals surface area contributed by atoms with Crippen LogP contribution in [0.2, 0.25) is 0 Å². The van der Waals surface area contributed by atoms with Crippen LogP contribution in [-0.4, -0.2) is 29.2 Å². The van der Waals surface area contributed by atoms with Crippen LogP contribution < -0.4 is 9.64 Å². The van der Waals surface area contributed by atoms with Crippen LogP contribution in [0, 0.1) is 5.82 Å². The number of ether oxygens (including phenoxy) is 1. The molecule has 0 saturated carbocycles. The van der Waals surface area contributed by atoms with E-state index in [-0.39, 0.29) is 24.1 Å². The first-order chi connectivity index (χ1) is 13.6. The van der Waals surface area contributed by atoms with Crippen molar-refractivity contribution >= 4 is 11.6 Å². The molecule has 7 heteroatoms. The minimum absolute atomic E-state index is 0.0900. The van der Waals surface area contributed by atoms with E-state index in [0.29, 0.717) is 30.6 Å². The highest BCUT2D eigenvalue weighted by Gasteiger charge is 2.35. The monoisotopic (exact) mass is 381 g/mol. The third-order valence-electron chi connectivity index (χ3n) is 4.62. The zero-order valence-electron chi connectivity index (χ0n) is 15.5. The van der Waals surface area contributed by atoms with Gasteiger partial charge in [-0.05, 0) is 48.9 Å². The summed E-state index contributed by atoms with van der Waals surface area (Å²) in [5.41, 5.74) is 1.35. The lowest BCUT2D eigenvalue weighted by molar-refractivity contribution is -0.117. The number of aromatic nitrogens is 2. The average molecular weight is 381 g/mol. The number of hydrogen-bond acceptors (Lipinski definition) is 5. The molecule has 28 heavy (non-hydrogen) atoms. The van der Waals surface area contributed by atoms with E-state index in [1.165, 1.54) is 12.1 Å². The maximum Gasteiger partial charge on any atom is 0.232 e. The van der Waals surface area contributed by atoms with E-state index in [1.54, 1.807) is 17.0 Å². The Bertz CT molecular complexity index is 971. The molecule has 0 N–H and O–H groups in total. The average Bonchev–Trinajstić information content (AvgIpc) is 3.34. The molecular weight excluding hydrogens is 361 g/mol. The molecule has 0 bridgehead atoms. The number of benzene rings is 2. The fourth-order valence-electron chi connectivity index (χ4n) is 3.20. The topological polar surface area (TPSA) is 68.5 Å². The van der Waals surface area contributed by atoms with Gasteiger partial charge in [0.2, 0.25) is 17.6 Å². The van der Waals surface area contributed by atoms with Gasteiger partial charge in [-0.2, -0.15) is 4.98 Å². The molecule has 1 unspecified atom stereocenters. The van der Waals surface area contributed by atoms with Crippen molar-refractivity contribution in [1.82, 2.24) is 10.1 Å². The summed E-state index contributed by atoms with van der Waals surface area (Å²) in [6, 6.07) is 13.5. The van der Waals surface area contributed by atoms with Gasteiger partial charge in [0.1, 0.15) is 11.6 Å². The molecule has 1 saturated heterocycles. The lowest BCUT2D eigenvalue weighted by Gasteiger charge is -2.15. The Labute approximate surface area is 161 Å². The third-order valence-corrected chi connectivity index (χ3v) is 4.62. The minimum atomic E-state index is -0.375. The number of anilines is 1. The number of carbonyl (C=O) groups excluding carboxylic acids is 1. The van der Waals surface area contributed by atoms with Crippen LogP contribution in [0.1, 0.15) is 31.6 Å². The van der Waals surface area contributed by atoms with Crippen molar-refractivity contribution in [2.45, 2.75) is 25.7 Å². The number of halogens is 1. The maximum atomic E-state index is 13.5. The van der Waals surface area contributed by atoms with Gasteiger partial charge in [0.05, 0.1) is 12.5 Å². The lowest BCUT2D eigenvalue weighted by atomic mass is 10.1. The van der Waals surface area contributed by atoms with Gasteiger partial charge in [0.15, 0.2) is 0 Å². The Kier molecular flexibility index (Phi) is 5.06. The molecule has 4 rings (SSSR count). The molecule has 0 spiro atoms. The van der Waals surface area contributed by atoms with E-state index < -0.39 is 0 Å². The first-order valence-electron chi connectivity index (χ1n) is 9.27. The Morgan fingerprint density at radius 1 is 1.25 bits per heavy atom. The smallest absolute Gasteiger partial charge is 0.232 e. The molecule has 1 atom stereocenters. The fourth-order valence-corrected chi connectivity index (χ4v) is 3.20. The Hall–Kier alpha value is -3.22. The van der Waals surface area contributed by atoms with Gasteiger partial charge in [-0.15, -0.1) is 0 Å². The second-order valence-electron chi connectivity index (χ2n) is 6.71. The van der Waals surface area contributed by atoms with Gasteiger partial charge in [0.25, 0.3) is 0 Å². The molecular formula is C21H20FN3O3. The maximum absolute atomic E-state index is 13.5. The first-order valence-corrected chi connectivity index (χ1v) is 9.27. The van der Waals surface area contributed by atoms with E-state index >= 15 is 0 Å². The lowest BCUT2D eigenvalue weighted by Crippen LogP contribution is -2.24. The highest BCUT2D eigenvalue weighted by atomic mass is 19.1. The van der Waals surface area contributed by atoms with Gasteiger partial charge < -0.3 is 14.2 Å². The van der Waals surface area contributed by atoms with Crippen LogP contribution in [0.15, 0.2) is 53.1 Å². The molecule has 6 nitrogen and oxygen atoms in total. The van der Waals surface area contributed by atoms with Crippen molar-refractivity contribution in [2.75, 3.05) is 18.1 Å². The zero-order valence-corrected chi connectivity index (χ0v) is 15.5. The van der Waals surface area contributed by atoms with Gasteiger partial charge in [0, 0.05) is 24.2 Å². The molecule has 3 aromatic rings. The molecule has 2 aromatic carbocycles. The summed E-state index contributed by atoms with van der Waals surface area (Å²) >= 11 is 0. The molecule has 0 radical (unpaired) electrons. The van der Waals surface area contributed by atoms with E-state index in [0.717, 1.165) is 17.7 Å². The fraction of sp³-hybridized carbons (Fsp3) is 0.286. The van der Waals surface area contributed by atoms with E-state index in [4.69, 9.17) is 9.26 Å². The van der Waals surface area contributed by atoms with Crippen LogP contribution in [0.4, 0.5) is 10.1 Å². The molecule has 1 fully saturated rings. The summed E-state index contributed by atoms with van der Waals surface area (Å²) in [5, 5.41) is 4.04. The van der Waals surface area contributed by atoms with Crippen LogP contribution >= 0.6 is 0 Å². The molecule has 2 heterocycles. The van der Waals surface area contributed by atoms with E-state index in [9.17, 15) is 9.18 Å². The quantitative estimate of drug-likeness (QED) is 0.641. The van der Waals surface area contributed by atoms with Crippen molar-refractivity contribution in [3.63, 3.8) is 0 Å². The highest BCUT2D eigenvalue weighted by molar-refractivity contribution is 5.96. The second-order valence-corrected chi connectivity index (χ2v) is 6.71. The van der Waals surface area contributed by atoms with Gasteiger partial charge in [-0.3, -0.25) is 4.79 Å². The van der Waals surface area contributed by atoms with Crippen molar-refractivity contribution in [1.29, 1.82) is 0 Å². The van der Waals surface area contributed by atoms with Crippen LogP contribution in [0.3, 0.4) is 0 Å².